The molecule has 0 aliphatic carbocycles. The van der Waals surface area contributed by atoms with Gasteiger partial charge in [-0.05, 0) is 19.4 Å². The molecular formula is C9H14O4Si. The molecule has 1 atom stereocenters. The van der Waals surface area contributed by atoms with Gasteiger partial charge in [0.15, 0.2) is 0 Å². The Morgan fingerprint density at radius 2 is 2.36 bits per heavy atom. The van der Waals surface area contributed by atoms with E-state index in [0.717, 1.165) is 25.5 Å². The summed E-state index contributed by atoms with van der Waals surface area (Å²) in [6.45, 7) is 2.70. The Labute approximate surface area is 85.9 Å². The molecule has 14 heavy (non-hydrogen) atoms. The van der Waals surface area contributed by atoms with Crippen molar-refractivity contribution < 1.29 is 18.8 Å². The van der Waals surface area contributed by atoms with E-state index in [-0.39, 0.29) is 24.3 Å². The third kappa shape index (κ3) is 3.59. The van der Waals surface area contributed by atoms with Crippen LogP contribution in [-0.2, 0) is 18.8 Å². The summed E-state index contributed by atoms with van der Waals surface area (Å²) < 4.78 is 9.64. The fraction of sp³-hybridized carbons (Fsp3) is 0.778. The third-order valence-corrected chi connectivity index (χ3v) is 3.09. The molecule has 4 nitrogen and oxygen atoms in total. The molecule has 1 aliphatic heterocycles. The van der Waals surface area contributed by atoms with Crippen LogP contribution in [0.2, 0.25) is 6.04 Å². The highest BCUT2D eigenvalue weighted by atomic mass is 28.2. The number of hydrogen-bond acceptors (Lipinski definition) is 4. The van der Waals surface area contributed by atoms with Crippen LogP contribution >= 0.6 is 0 Å². The number of carbonyl (C=O) groups excluding carboxylic acids is 2. The van der Waals surface area contributed by atoms with E-state index in [9.17, 15) is 9.59 Å². The summed E-state index contributed by atoms with van der Waals surface area (Å²) in [7, 11) is 0.504. The summed E-state index contributed by atoms with van der Waals surface area (Å²) in [6.07, 6.45) is 1.92. The zero-order valence-electron chi connectivity index (χ0n) is 8.25. The second-order valence-electron chi connectivity index (χ2n) is 3.16. The summed E-state index contributed by atoms with van der Waals surface area (Å²) in [5, 5.41) is 0. The van der Waals surface area contributed by atoms with E-state index >= 15 is 0 Å². The van der Waals surface area contributed by atoms with Gasteiger partial charge in [-0.1, -0.05) is 6.42 Å². The first-order valence-corrected chi connectivity index (χ1v) is 5.94. The smallest absolute Gasteiger partial charge is 0.317 e. The lowest BCUT2D eigenvalue weighted by molar-refractivity contribution is -0.153. The van der Waals surface area contributed by atoms with E-state index in [0.29, 0.717) is 9.76 Å². The first-order chi connectivity index (χ1) is 6.74. The quantitative estimate of drug-likeness (QED) is 0.286. The Morgan fingerprint density at radius 3 is 2.93 bits per heavy atom. The second kappa shape index (κ2) is 5.92. The largest absolute Gasteiger partial charge is 0.418 e. The molecule has 1 rings (SSSR count). The summed E-state index contributed by atoms with van der Waals surface area (Å²) in [5.41, 5.74) is 0. The van der Waals surface area contributed by atoms with Crippen molar-refractivity contribution in [1.29, 1.82) is 0 Å². The highest BCUT2D eigenvalue weighted by molar-refractivity contribution is 6.26. The molecule has 1 saturated heterocycles. The summed E-state index contributed by atoms with van der Waals surface area (Å²) in [6, 6.07) is 0.964. The average Bonchev–Trinajstić information content (AvgIpc) is 2.45. The number of rotatable bonds is 6. The predicted octanol–water partition coefficient (Wildman–Crippen LogP) is 0.930. The van der Waals surface area contributed by atoms with Gasteiger partial charge in [0.25, 0.3) is 0 Å². The molecule has 0 saturated carbocycles. The van der Waals surface area contributed by atoms with E-state index in [2.05, 4.69) is 4.74 Å². The fourth-order valence-electron chi connectivity index (χ4n) is 1.34. The number of ether oxygens (including phenoxy) is 1. The lowest BCUT2D eigenvalue weighted by atomic mass is 10.0. The van der Waals surface area contributed by atoms with Crippen LogP contribution in [0.4, 0.5) is 0 Å². The molecule has 78 valence electrons. The van der Waals surface area contributed by atoms with Gasteiger partial charge in [0, 0.05) is 6.61 Å². The molecule has 1 aliphatic rings. The number of carbonyl (C=O) groups is 2. The van der Waals surface area contributed by atoms with Gasteiger partial charge in [-0.15, -0.1) is 0 Å². The minimum atomic E-state index is -0.382. The topological polar surface area (TPSA) is 52.6 Å². The van der Waals surface area contributed by atoms with Crippen molar-refractivity contribution in [2.75, 3.05) is 6.61 Å². The SMILES string of the molecule is CCO[Si]CCCC1CC(=O)OC1=O. The summed E-state index contributed by atoms with van der Waals surface area (Å²) >= 11 is 0. The zero-order chi connectivity index (χ0) is 10.4. The minimum absolute atomic E-state index is 0.200. The van der Waals surface area contributed by atoms with Gasteiger partial charge in [0.2, 0.25) is 9.76 Å². The van der Waals surface area contributed by atoms with Crippen molar-refractivity contribution in [3.63, 3.8) is 0 Å². The van der Waals surface area contributed by atoms with Crippen LogP contribution in [0.3, 0.4) is 0 Å². The molecule has 1 fully saturated rings. The molecule has 1 heterocycles. The first kappa shape index (κ1) is 11.4. The highest BCUT2D eigenvalue weighted by Gasteiger charge is 2.32. The third-order valence-electron chi connectivity index (χ3n) is 2.04. The van der Waals surface area contributed by atoms with Gasteiger partial charge >= 0.3 is 11.9 Å². The van der Waals surface area contributed by atoms with Crippen LogP contribution in [0, 0.1) is 5.92 Å². The number of cyclic esters (lactones) is 2. The molecule has 5 heteroatoms. The van der Waals surface area contributed by atoms with Crippen LogP contribution in [0.5, 0.6) is 0 Å². The molecule has 2 radical (unpaired) electrons. The highest BCUT2D eigenvalue weighted by Crippen LogP contribution is 2.21. The Morgan fingerprint density at radius 1 is 1.57 bits per heavy atom. The van der Waals surface area contributed by atoms with Gasteiger partial charge in [-0.3, -0.25) is 9.59 Å². The van der Waals surface area contributed by atoms with Gasteiger partial charge in [-0.2, -0.15) is 0 Å². The molecule has 0 spiro atoms. The Kier molecular flexibility index (Phi) is 4.82. The predicted molar refractivity (Wildman–Crippen MR) is 50.6 cm³/mol. The lowest BCUT2D eigenvalue weighted by Crippen LogP contribution is -2.08. The lowest BCUT2D eigenvalue weighted by Gasteiger charge is -2.02. The van der Waals surface area contributed by atoms with Gasteiger partial charge in [0.1, 0.15) is 0 Å². The van der Waals surface area contributed by atoms with Crippen molar-refractivity contribution in [2.24, 2.45) is 5.92 Å². The standard InChI is InChI=1S/C9H14O4Si/c1-2-12-14-5-3-4-7-6-8(10)13-9(7)11/h7H,2-6H2,1H3. The monoisotopic (exact) mass is 214 g/mol. The maximum absolute atomic E-state index is 11.0. The molecule has 0 aromatic heterocycles. The molecular weight excluding hydrogens is 200 g/mol. The maximum atomic E-state index is 11.0. The number of hydrogen-bond donors (Lipinski definition) is 0. The van der Waals surface area contributed by atoms with E-state index in [1.54, 1.807) is 0 Å². The van der Waals surface area contributed by atoms with Crippen molar-refractivity contribution in [1.82, 2.24) is 0 Å². The van der Waals surface area contributed by atoms with Crippen LogP contribution in [0.1, 0.15) is 26.2 Å². The maximum Gasteiger partial charge on any atom is 0.317 e. The zero-order valence-corrected chi connectivity index (χ0v) is 9.25. The summed E-state index contributed by atoms with van der Waals surface area (Å²) in [5.74, 6) is -0.934. The minimum Gasteiger partial charge on any atom is -0.418 e. The molecule has 1 unspecified atom stereocenters. The average molecular weight is 214 g/mol. The van der Waals surface area contributed by atoms with E-state index in [1.165, 1.54) is 0 Å². The van der Waals surface area contributed by atoms with Crippen molar-refractivity contribution in [3.8, 4) is 0 Å². The van der Waals surface area contributed by atoms with E-state index < -0.39 is 0 Å². The van der Waals surface area contributed by atoms with Crippen molar-refractivity contribution >= 4 is 21.7 Å². The van der Waals surface area contributed by atoms with Crippen molar-refractivity contribution in [2.45, 2.75) is 32.2 Å². The van der Waals surface area contributed by atoms with Gasteiger partial charge < -0.3 is 9.16 Å². The van der Waals surface area contributed by atoms with Gasteiger partial charge in [0.05, 0.1) is 12.3 Å². The fourth-order valence-corrected chi connectivity index (χ4v) is 2.03. The van der Waals surface area contributed by atoms with E-state index in [4.69, 9.17) is 4.43 Å². The molecule has 0 aromatic carbocycles. The Hall–Kier alpha value is -0.683. The van der Waals surface area contributed by atoms with Crippen molar-refractivity contribution in [3.05, 3.63) is 0 Å². The normalized spacial score (nSPS) is 21.4. The van der Waals surface area contributed by atoms with Crippen LogP contribution in [0.25, 0.3) is 0 Å². The Balaban J connectivity index is 2.07. The van der Waals surface area contributed by atoms with E-state index in [1.807, 2.05) is 6.92 Å². The molecule has 0 N–H and O–H groups in total. The number of esters is 2. The van der Waals surface area contributed by atoms with Crippen LogP contribution in [0.15, 0.2) is 0 Å². The first-order valence-electron chi connectivity index (χ1n) is 4.83. The van der Waals surface area contributed by atoms with Crippen LogP contribution < -0.4 is 0 Å². The second-order valence-corrected chi connectivity index (χ2v) is 4.24. The molecule has 0 aromatic rings. The summed E-state index contributed by atoms with van der Waals surface area (Å²) in [4.78, 5) is 21.8. The van der Waals surface area contributed by atoms with Crippen LogP contribution in [-0.4, -0.2) is 28.3 Å². The molecule has 0 amide bonds. The Bertz CT molecular complexity index is 217. The van der Waals surface area contributed by atoms with Gasteiger partial charge in [-0.25, -0.2) is 0 Å². The molecule has 0 bridgehead atoms.